The molecule has 1 rings (SSSR count). The Morgan fingerprint density at radius 3 is 2.20 bits per heavy atom. The number of sulfonamides is 1. The van der Waals surface area contributed by atoms with Crippen molar-refractivity contribution in [3.63, 3.8) is 0 Å². The highest BCUT2D eigenvalue weighted by molar-refractivity contribution is 7.89. The molecule has 138 valence electrons. The number of hydrogen-bond acceptors (Lipinski definition) is 5. The lowest BCUT2D eigenvalue weighted by Crippen LogP contribution is -2.49. The molecule has 0 spiro atoms. The van der Waals surface area contributed by atoms with Crippen molar-refractivity contribution in [3.05, 3.63) is 29.6 Å². The zero-order chi connectivity index (χ0) is 19.4. The highest BCUT2D eigenvalue weighted by atomic mass is 32.2. The second-order valence-corrected chi connectivity index (χ2v) is 7.62. The highest BCUT2D eigenvalue weighted by Crippen LogP contribution is 2.17. The Labute approximate surface area is 144 Å². The predicted octanol–water partition coefficient (Wildman–Crippen LogP) is -0.638. The van der Waals surface area contributed by atoms with Crippen LogP contribution in [0.15, 0.2) is 23.1 Å². The number of amides is 3. The van der Waals surface area contributed by atoms with Crippen LogP contribution in [0.1, 0.15) is 24.2 Å². The summed E-state index contributed by atoms with van der Waals surface area (Å²) in [6, 6.07) is 2.37. The molecule has 0 aliphatic rings. The molecule has 0 radical (unpaired) electrons. The van der Waals surface area contributed by atoms with Gasteiger partial charge in [0, 0.05) is 20.1 Å². The molecule has 25 heavy (non-hydrogen) atoms. The highest BCUT2D eigenvalue weighted by Gasteiger charge is 2.22. The third-order valence-electron chi connectivity index (χ3n) is 2.88. The Kier molecular flexibility index (Phi) is 6.59. The maximum atomic E-state index is 13.8. The van der Waals surface area contributed by atoms with Gasteiger partial charge in [-0.3, -0.25) is 25.2 Å². The van der Waals surface area contributed by atoms with Crippen LogP contribution in [-0.2, 0) is 19.6 Å². The van der Waals surface area contributed by atoms with Gasteiger partial charge in [-0.1, -0.05) is 0 Å². The van der Waals surface area contributed by atoms with Gasteiger partial charge in [-0.05, 0) is 32.0 Å². The van der Waals surface area contributed by atoms with E-state index in [0.717, 1.165) is 22.5 Å². The Morgan fingerprint density at radius 1 is 1.08 bits per heavy atom. The predicted molar refractivity (Wildman–Crippen MR) is 86.2 cm³/mol. The van der Waals surface area contributed by atoms with E-state index in [1.807, 2.05) is 10.9 Å². The first-order chi connectivity index (χ1) is 11.5. The number of carbonyl (C=O) groups excluding carboxylic acids is 3. The largest absolute Gasteiger partial charge is 0.346 e. The number of nitrogens with one attached hydrogen (secondary N) is 3. The minimum absolute atomic E-state index is 0.292. The smallest absolute Gasteiger partial charge is 0.327 e. The summed E-state index contributed by atoms with van der Waals surface area (Å²) in [5.74, 6) is -4.24. The monoisotopic (exact) mass is 374 g/mol. The summed E-state index contributed by atoms with van der Waals surface area (Å²) in [6.45, 7) is 3.27. The quantitative estimate of drug-likeness (QED) is 0.478. The molecule has 0 saturated carbocycles. The molecule has 0 aliphatic heterocycles. The average Bonchev–Trinajstić information content (AvgIpc) is 2.51. The molecule has 0 atom stereocenters. The molecule has 1 aromatic carbocycles. The molecule has 11 heteroatoms. The maximum absolute atomic E-state index is 13.8. The topological polar surface area (TPSA) is 125 Å². The van der Waals surface area contributed by atoms with Crippen molar-refractivity contribution in [2.75, 3.05) is 14.1 Å². The van der Waals surface area contributed by atoms with Crippen LogP contribution >= 0.6 is 0 Å². The van der Waals surface area contributed by atoms with Gasteiger partial charge >= 0.3 is 11.8 Å². The van der Waals surface area contributed by atoms with Crippen LogP contribution in [0.25, 0.3) is 0 Å². The molecule has 0 unspecified atom stereocenters. The van der Waals surface area contributed by atoms with Crippen LogP contribution in [0.4, 0.5) is 4.39 Å². The molecule has 0 saturated heterocycles. The molecular formula is C14H19FN4O5S. The van der Waals surface area contributed by atoms with Crippen LogP contribution in [0.3, 0.4) is 0 Å². The fraction of sp³-hybridized carbons (Fsp3) is 0.357. The van der Waals surface area contributed by atoms with Crippen LogP contribution in [0.5, 0.6) is 0 Å². The first kappa shape index (κ1) is 20.5. The molecule has 0 bridgehead atoms. The van der Waals surface area contributed by atoms with Crippen molar-refractivity contribution >= 4 is 27.7 Å². The molecule has 3 N–H and O–H groups in total. The SMILES string of the molecule is CC(C)NC(=O)C(=O)NNC(=O)c1cc(S(=O)(=O)N(C)C)ccc1F. The lowest BCUT2D eigenvalue weighted by atomic mass is 10.2. The van der Waals surface area contributed by atoms with Gasteiger partial charge < -0.3 is 5.32 Å². The average molecular weight is 374 g/mol. The van der Waals surface area contributed by atoms with Crippen molar-refractivity contribution in [2.24, 2.45) is 0 Å². The lowest BCUT2D eigenvalue weighted by molar-refractivity contribution is -0.139. The van der Waals surface area contributed by atoms with Gasteiger partial charge in [-0.25, -0.2) is 17.1 Å². The summed E-state index contributed by atoms with van der Waals surface area (Å²) < 4.78 is 38.8. The van der Waals surface area contributed by atoms with E-state index in [2.05, 4.69) is 5.32 Å². The van der Waals surface area contributed by atoms with Crippen molar-refractivity contribution < 1.29 is 27.2 Å². The van der Waals surface area contributed by atoms with E-state index in [-0.39, 0.29) is 10.9 Å². The normalized spacial score (nSPS) is 11.3. The van der Waals surface area contributed by atoms with Gasteiger partial charge in [0.2, 0.25) is 10.0 Å². The number of nitrogens with zero attached hydrogens (tertiary/aromatic N) is 1. The van der Waals surface area contributed by atoms with Crippen LogP contribution in [0.2, 0.25) is 0 Å². The minimum Gasteiger partial charge on any atom is -0.346 e. The summed E-state index contributed by atoms with van der Waals surface area (Å²) in [5, 5.41) is 2.30. The second-order valence-electron chi connectivity index (χ2n) is 5.47. The van der Waals surface area contributed by atoms with Gasteiger partial charge in [0.1, 0.15) is 5.82 Å². The molecule has 0 aliphatic carbocycles. The van der Waals surface area contributed by atoms with Crippen LogP contribution < -0.4 is 16.2 Å². The minimum atomic E-state index is -3.87. The van der Waals surface area contributed by atoms with Gasteiger partial charge in [0.15, 0.2) is 0 Å². The fourth-order valence-corrected chi connectivity index (χ4v) is 2.54. The Balaban J connectivity index is 2.92. The van der Waals surface area contributed by atoms with Gasteiger partial charge in [-0.15, -0.1) is 0 Å². The molecule has 0 aromatic heterocycles. The van der Waals surface area contributed by atoms with Crippen LogP contribution in [0, 0.1) is 5.82 Å². The molecule has 0 fully saturated rings. The molecule has 9 nitrogen and oxygen atoms in total. The second kappa shape index (κ2) is 8.03. The fourth-order valence-electron chi connectivity index (χ4n) is 1.62. The van der Waals surface area contributed by atoms with Crippen molar-refractivity contribution in [1.82, 2.24) is 20.5 Å². The van der Waals surface area contributed by atoms with E-state index in [1.165, 1.54) is 14.1 Å². The summed E-state index contributed by atoms with van der Waals surface area (Å²) in [6.07, 6.45) is 0. The molecular weight excluding hydrogens is 355 g/mol. The third kappa shape index (κ3) is 5.22. The van der Waals surface area contributed by atoms with E-state index in [1.54, 1.807) is 13.8 Å². The molecule has 0 heterocycles. The Bertz CT molecular complexity index is 792. The van der Waals surface area contributed by atoms with E-state index < -0.39 is 39.1 Å². The number of rotatable bonds is 4. The van der Waals surface area contributed by atoms with E-state index in [9.17, 15) is 27.2 Å². The zero-order valence-corrected chi connectivity index (χ0v) is 14.9. The van der Waals surface area contributed by atoms with Crippen molar-refractivity contribution in [3.8, 4) is 0 Å². The van der Waals surface area contributed by atoms with Gasteiger partial charge in [0.05, 0.1) is 10.5 Å². The molecule has 1 aromatic rings. The van der Waals surface area contributed by atoms with Crippen molar-refractivity contribution in [1.29, 1.82) is 0 Å². The number of halogens is 1. The third-order valence-corrected chi connectivity index (χ3v) is 4.69. The summed E-state index contributed by atoms with van der Waals surface area (Å²) in [5.41, 5.74) is 3.07. The Morgan fingerprint density at radius 2 is 1.68 bits per heavy atom. The standard InChI is InChI=1S/C14H19FN4O5S/c1-8(2)16-13(21)14(22)18-17-12(20)10-7-9(5-6-11(10)15)25(23,24)19(3)4/h5-8H,1-4H3,(H,16,21)(H,17,20)(H,18,22). The van der Waals surface area contributed by atoms with Crippen molar-refractivity contribution in [2.45, 2.75) is 24.8 Å². The van der Waals surface area contributed by atoms with E-state index in [4.69, 9.17) is 0 Å². The number of hydrogen-bond donors (Lipinski definition) is 3. The van der Waals surface area contributed by atoms with Crippen LogP contribution in [-0.4, -0.2) is 50.6 Å². The summed E-state index contributed by atoms with van der Waals surface area (Å²) in [4.78, 5) is 34.5. The Hall–Kier alpha value is -2.53. The lowest BCUT2D eigenvalue weighted by Gasteiger charge is -2.13. The van der Waals surface area contributed by atoms with E-state index >= 15 is 0 Å². The maximum Gasteiger partial charge on any atom is 0.327 e. The van der Waals surface area contributed by atoms with Gasteiger partial charge in [0.25, 0.3) is 5.91 Å². The first-order valence-electron chi connectivity index (χ1n) is 7.10. The first-order valence-corrected chi connectivity index (χ1v) is 8.54. The summed E-state index contributed by atoms with van der Waals surface area (Å²) >= 11 is 0. The number of carbonyl (C=O) groups is 3. The van der Waals surface area contributed by atoms with E-state index in [0.29, 0.717) is 0 Å². The molecule has 3 amide bonds. The zero-order valence-electron chi connectivity index (χ0n) is 14.1. The summed E-state index contributed by atoms with van der Waals surface area (Å²) in [7, 11) is -1.31. The van der Waals surface area contributed by atoms with Gasteiger partial charge in [-0.2, -0.15) is 0 Å². The number of benzene rings is 1. The number of hydrazine groups is 1.